The minimum Gasteiger partial charge on any atom is -0.376 e. The summed E-state index contributed by atoms with van der Waals surface area (Å²) in [5, 5.41) is 3.26. The van der Waals surface area contributed by atoms with Crippen LogP contribution in [0, 0.1) is 0 Å². The molecule has 2 rings (SSSR count). The van der Waals surface area contributed by atoms with Crippen molar-refractivity contribution in [2.45, 2.75) is 45.8 Å². The number of ether oxygens (including phenoxy) is 1. The van der Waals surface area contributed by atoms with Crippen LogP contribution in [0.4, 0.5) is 0 Å². The van der Waals surface area contributed by atoms with Gasteiger partial charge in [-0.3, -0.25) is 0 Å². The summed E-state index contributed by atoms with van der Waals surface area (Å²) in [6.07, 6.45) is 1.05. The largest absolute Gasteiger partial charge is 0.376 e. The van der Waals surface area contributed by atoms with E-state index in [4.69, 9.17) is 4.74 Å². The fourth-order valence-electron chi connectivity index (χ4n) is 2.34. The smallest absolute Gasteiger partial charge is 0.0722 e. The van der Waals surface area contributed by atoms with Gasteiger partial charge in [0.05, 0.1) is 13.2 Å². The minimum atomic E-state index is 0.218. The number of fused-ring (bicyclic) bond motifs is 1. The second kappa shape index (κ2) is 4.79. The molecule has 1 heterocycles. The Morgan fingerprint density at radius 1 is 1.29 bits per heavy atom. The van der Waals surface area contributed by atoms with Crippen LogP contribution in [-0.4, -0.2) is 13.7 Å². The summed E-state index contributed by atoms with van der Waals surface area (Å²) < 4.78 is 5.58. The molecule has 0 bridgehead atoms. The Kier molecular flexibility index (Phi) is 3.55. The Labute approximate surface area is 104 Å². The topological polar surface area (TPSA) is 21.3 Å². The van der Waals surface area contributed by atoms with Gasteiger partial charge in [-0.1, -0.05) is 32.9 Å². The fraction of sp³-hybridized carbons (Fsp3) is 0.600. The molecule has 0 radical (unpaired) electrons. The highest BCUT2D eigenvalue weighted by Gasteiger charge is 2.20. The lowest BCUT2D eigenvalue weighted by Crippen LogP contribution is -2.19. The number of hydrogen-bond acceptors (Lipinski definition) is 2. The van der Waals surface area contributed by atoms with E-state index in [-0.39, 0.29) is 5.41 Å². The molecule has 2 heteroatoms. The second-order valence-corrected chi connectivity index (χ2v) is 5.86. The number of rotatable bonds is 2. The van der Waals surface area contributed by atoms with Gasteiger partial charge in [0.1, 0.15) is 0 Å². The Hall–Kier alpha value is -0.860. The first-order chi connectivity index (χ1) is 8.02. The van der Waals surface area contributed by atoms with Crippen molar-refractivity contribution in [3.8, 4) is 0 Å². The average Bonchev–Trinajstić information content (AvgIpc) is 2.28. The standard InChI is InChI=1S/C15H23NO/c1-15(2,3)13-7-11-5-6-17-10-14(11)12(8-13)9-16-4/h7-8,16H,5-6,9-10H2,1-4H3. The van der Waals surface area contributed by atoms with Gasteiger partial charge in [-0.2, -0.15) is 0 Å². The molecule has 1 aromatic rings. The minimum absolute atomic E-state index is 0.218. The molecular weight excluding hydrogens is 210 g/mol. The van der Waals surface area contributed by atoms with Gasteiger partial charge in [-0.25, -0.2) is 0 Å². The maximum atomic E-state index is 5.58. The van der Waals surface area contributed by atoms with E-state index in [0.29, 0.717) is 0 Å². The van der Waals surface area contributed by atoms with Gasteiger partial charge in [-0.05, 0) is 41.1 Å². The van der Waals surface area contributed by atoms with Crippen LogP contribution >= 0.6 is 0 Å². The van der Waals surface area contributed by atoms with Crippen LogP contribution in [-0.2, 0) is 29.7 Å². The SMILES string of the molecule is CNCc1cc(C(C)(C)C)cc2c1COCC2. The lowest BCUT2D eigenvalue weighted by atomic mass is 9.82. The lowest BCUT2D eigenvalue weighted by molar-refractivity contribution is 0.110. The van der Waals surface area contributed by atoms with Crippen molar-refractivity contribution in [1.82, 2.24) is 5.32 Å². The zero-order valence-corrected chi connectivity index (χ0v) is 11.4. The summed E-state index contributed by atoms with van der Waals surface area (Å²) in [5.74, 6) is 0. The third kappa shape index (κ3) is 2.70. The van der Waals surface area contributed by atoms with Crippen LogP contribution in [0.25, 0.3) is 0 Å². The Morgan fingerprint density at radius 2 is 2.06 bits per heavy atom. The van der Waals surface area contributed by atoms with Gasteiger partial charge in [0.25, 0.3) is 0 Å². The lowest BCUT2D eigenvalue weighted by Gasteiger charge is -2.26. The van der Waals surface area contributed by atoms with Gasteiger partial charge < -0.3 is 10.1 Å². The van der Waals surface area contributed by atoms with Crippen molar-refractivity contribution in [3.63, 3.8) is 0 Å². The summed E-state index contributed by atoms with van der Waals surface area (Å²) in [6.45, 7) is 9.39. The molecule has 94 valence electrons. The highest BCUT2D eigenvalue weighted by molar-refractivity contribution is 5.42. The van der Waals surface area contributed by atoms with Gasteiger partial charge in [-0.15, -0.1) is 0 Å². The molecule has 0 fully saturated rings. The molecule has 0 saturated carbocycles. The molecule has 0 amide bonds. The van der Waals surface area contributed by atoms with Gasteiger partial charge in [0.15, 0.2) is 0 Å². The summed E-state index contributed by atoms with van der Waals surface area (Å²) in [5.41, 5.74) is 5.93. The Morgan fingerprint density at radius 3 is 2.71 bits per heavy atom. The molecule has 1 N–H and O–H groups in total. The van der Waals surface area contributed by atoms with Crippen molar-refractivity contribution < 1.29 is 4.74 Å². The van der Waals surface area contributed by atoms with E-state index >= 15 is 0 Å². The maximum absolute atomic E-state index is 5.58. The van der Waals surface area contributed by atoms with Crippen molar-refractivity contribution in [2.24, 2.45) is 0 Å². The van der Waals surface area contributed by atoms with Crippen LogP contribution in [0.15, 0.2) is 12.1 Å². The van der Waals surface area contributed by atoms with Gasteiger partial charge in [0.2, 0.25) is 0 Å². The molecule has 17 heavy (non-hydrogen) atoms. The second-order valence-electron chi connectivity index (χ2n) is 5.86. The van der Waals surface area contributed by atoms with Crippen LogP contribution in [0.2, 0.25) is 0 Å². The molecule has 2 nitrogen and oxygen atoms in total. The Bertz CT molecular complexity index is 404. The van der Waals surface area contributed by atoms with E-state index in [1.807, 2.05) is 7.05 Å². The molecular formula is C15H23NO. The maximum Gasteiger partial charge on any atom is 0.0722 e. The van der Waals surface area contributed by atoms with Gasteiger partial charge in [0, 0.05) is 6.54 Å². The van der Waals surface area contributed by atoms with E-state index in [1.54, 1.807) is 0 Å². The molecule has 1 aliphatic rings. The molecule has 0 aromatic heterocycles. The molecule has 0 unspecified atom stereocenters. The third-order valence-corrected chi connectivity index (χ3v) is 3.43. The molecule has 0 saturated heterocycles. The molecule has 0 atom stereocenters. The quantitative estimate of drug-likeness (QED) is 0.848. The Balaban J connectivity index is 2.48. The molecule has 0 aliphatic carbocycles. The highest BCUT2D eigenvalue weighted by atomic mass is 16.5. The normalized spacial score (nSPS) is 15.8. The monoisotopic (exact) mass is 233 g/mol. The zero-order chi connectivity index (χ0) is 12.5. The summed E-state index contributed by atoms with van der Waals surface area (Å²) in [6, 6.07) is 4.71. The molecule has 0 spiro atoms. The number of benzene rings is 1. The van der Waals surface area contributed by atoms with Crippen molar-refractivity contribution in [3.05, 3.63) is 34.4 Å². The first kappa shape index (κ1) is 12.6. The zero-order valence-electron chi connectivity index (χ0n) is 11.4. The van der Waals surface area contributed by atoms with Crippen LogP contribution in [0.3, 0.4) is 0 Å². The van der Waals surface area contributed by atoms with E-state index < -0.39 is 0 Å². The van der Waals surface area contributed by atoms with Crippen LogP contribution < -0.4 is 5.32 Å². The van der Waals surface area contributed by atoms with Gasteiger partial charge >= 0.3 is 0 Å². The van der Waals surface area contributed by atoms with Crippen LogP contribution in [0.5, 0.6) is 0 Å². The average molecular weight is 233 g/mol. The van der Waals surface area contributed by atoms with E-state index in [1.165, 1.54) is 22.3 Å². The first-order valence-corrected chi connectivity index (χ1v) is 6.40. The summed E-state index contributed by atoms with van der Waals surface area (Å²) in [4.78, 5) is 0. The number of nitrogens with one attached hydrogen (secondary N) is 1. The van der Waals surface area contributed by atoms with Crippen molar-refractivity contribution in [2.75, 3.05) is 13.7 Å². The highest BCUT2D eigenvalue weighted by Crippen LogP contribution is 2.29. The van der Waals surface area contributed by atoms with Crippen LogP contribution in [0.1, 0.15) is 43.0 Å². The fourth-order valence-corrected chi connectivity index (χ4v) is 2.34. The number of hydrogen-bond donors (Lipinski definition) is 1. The predicted molar refractivity (Wildman–Crippen MR) is 71.3 cm³/mol. The third-order valence-electron chi connectivity index (χ3n) is 3.43. The summed E-state index contributed by atoms with van der Waals surface area (Å²) >= 11 is 0. The molecule has 1 aromatic carbocycles. The predicted octanol–water partition coefficient (Wildman–Crippen LogP) is 2.78. The van der Waals surface area contributed by atoms with E-state index in [9.17, 15) is 0 Å². The van der Waals surface area contributed by atoms with E-state index in [2.05, 4.69) is 38.2 Å². The molecule has 1 aliphatic heterocycles. The first-order valence-electron chi connectivity index (χ1n) is 6.40. The van der Waals surface area contributed by atoms with Crippen molar-refractivity contribution >= 4 is 0 Å². The van der Waals surface area contributed by atoms with E-state index in [0.717, 1.165) is 26.2 Å². The summed E-state index contributed by atoms with van der Waals surface area (Å²) in [7, 11) is 2.00. The van der Waals surface area contributed by atoms with Crippen molar-refractivity contribution in [1.29, 1.82) is 0 Å².